The second-order valence-electron chi connectivity index (χ2n) is 5.20. The van der Waals surface area contributed by atoms with E-state index >= 15 is 0 Å². The van der Waals surface area contributed by atoms with Gasteiger partial charge < -0.3 is 10.2 Å². The van der Waals surface area contributed by atoms with E-state index in [-0.39, 0.29) is 16.9 Å². The Morgan fingerprint density at radius 3 is 2.46 bits per heavy atom. The van der Waals surface area contributed by atoms with Crippen LogP contribution in [0.2, 0.25) is 0 Å². The molecule has 3 aromatic rings. The molecule has 0 aliphatic carbocycles. The van der Waals surface area contributed by atoms with Crippen LogP contribution in [0.3, 0.4) is 0 Å². The van der Waals surface area contributed by atoms with Gasteiger partial charge >= 0.3 is 11.9 Å². The van der Waals surface area contributed by atoms with E-state index in [0.29, 0.717) is 6.20 Å². The smallest absolute Gasteiger partial charge is 0.417 e. The van der Waals surface area contributed by atoms with Gasteiger partial charge in [0.15, 0.2) is 5.75 Å². The molecule has 0 aliphatic rings. The van der Waals surface area contributed by atoms with Crippen LogP contribution in [0.1, 0.15) is 5.56 Å². The third kappa shape index (κ3) is 3.01. The Labute approximate surface area is 143 Å². The molecule has 0 saturated heterocycles. The van der Waals surface area contributed by atoms with Crippen molar-refractivity contribution in [1.82, 2.24) is 14.5 Å². The number of nitrogens with zero attached hydrogens (tertiary/aromatic N) is 4. The topological polar surface area (TPSA) is 114 Å². The second-order valence-corrected chi connectivity index (χ2v) is 5.20. The van der Waals surface area contributed by atoms with Crippen molar-refractivity contribution < 1.29 is 28.3 Å². The van der Waals surface area contributed by atoms with Gasteiger partial charge in [-0.1, -0.05) is 0 Å². The van der Waals surface area contributed by atoms with Crippen molar-refractivity contribution in [2.45, 2.75) is 6.18 Å². The van der Waals surface area contributed by atoms with Crippen LogP contribution in [0, 0.1) is 10.1 Å². The first-order chi connectivity index (χ1) is 12.2. The van der Waals surface area contributed by atoms with Crippen molar-refractivity contribution in [3.63, 3.8) is 0 Å². The molecule has 0 bridgehead atoms. The number of imidazole rings is 1. The molecule has 11 heteroatoms. The summed E-state index contributed by atoms with van der Waals surface area (Å²) in [4.78, 5) is 17.5. The number of halogens is 3. The van der Waals surface area contributed by atoms with Gasteiger partial charge in [-0.25, -0.2) is 4.98 Å². The minimum Gasteiger partial charge on any atom is -0.504 e. The van der Waals surface area contributed by atoms with Crippen molar-refractivity contribution in [1.29, 1.82) is 0 Å². The van der Waals surface area contributed by atoms with Crippen LogP contribution >= 0.6 is 0 Å². The summed E-state index contributed by atoms with van der Waals surface area (Å²) >= 11 is 0. The third-order valence-corrected chi connectivity index (χ3v) is 3.53. The van der Waals surface area contributed by atoms with E-state index in [2.05, 4.69) is 9.97 Å². The molecule has 0 aliphatic heterocycles. The number of benzene rings is 1. The quantitative estimate of drug-likeness (QED) is 0.418. The number of phenols is 2. The lowest BCUT2D eigenvalue weighted by Crippen LogP contribution is -2.07. The fourth-order valence-corrected chi connectivity index (χ4v) is 2.32. The van der Waals surface area contributed by atoms with Gasteiger partial charge in [0, 0.05) is 17.8 Å². The molecule has 2 heterocycles. The zero-order valence-corrected chi connectivity index (χ0v) is 12.7. The Hall–Kier alpha value is -3.63. The van der Waals surface area contributed by atoms with E-state index in [4.69, 9.17) is 0 Å². The molecular formula is C15H9F3N4O4. The van der Waals surface area contributed by atoms with Gasteiger partial charge in [0.2, 0.25) is 5.75 Å². The van der Waals surface area contributed by atoms with E-state index in [9.17, 15) is 33.5 Å². The van der Waals surface area contributed by atoms with Crippen LogP contribution < -0.4 is 0 Å². The third-order valence-electron chi connectivity index (χ3n) is 3.53. The van der Waals surface area contributed by atoms with Crippen molar-refractivity contribution in [2.75, 3.05) is 0 Å². The average molecular weight is 366 g/mol. The Morgan fingerprint density at radius 2 is 1.81 bits per heavy atom. The fraction of sp³-hybridized carbons (Fsp3) is 0.0667. The maximum atomic E-state index is 12.9. The van der Waals surface area contributed by atoms with Gasteiger partial charge in [0.05, 0.1) is 40.6 Å². The molecule has 3 rings (SSSR count). The van der Waals surface area contributed by atoms with Crippen molar-refractivity contribution in [3.05, 3.63) is 58.8 Å². The summed E-state index contributed by atoms with van der Waals surface area (Å²) in [5.41, 5.74) is -1.49. The van der Waals surface area contributed by atoms with E-state index in [1.165, 1.54) is 17.1 Å². The zero-order chi connectivity index (χ0) is 19.1. The summed E-state index contributed by atoms with van der Waals surface area (Å²) in [6, 6.07) is 2.85. The lowest BCUT2D eigenvalue weighted by molar-refractivity contribution is -0.385. The first kappa shape index (κ1) is 17.2. The maximum absolute atomic E-state index is 12.9. The van der Waals surface area contributed by atoms with E-state index in [1.807, 2.05) is 0 Å². The SMILES string of the molecule is O=[N+]([O-])c1cc(-c2cncn2-c2cncc(C(F)(F)F)c2)cc(O)c1O. The normalized spacial score (nSPS) is 11.5. The summed E-state index contributed by atoms with van der Waals surface area (Å²) in [6.07, 6.45) is -0.330. The van der Waals surface area contributed by atoms with Crippen LogP contribution in [0.5, 0.6) is 11.5 Å². The van der Waals surface area contributed by atoms with Gasteiger partial charge in [0.25, 0.3) is 0 Å². The number of aromatic hydroxyl groups is 2. The number of alkyl halides is 3. The minimum absolute atomic E-state index is 0.0162. The van der Waals surface area contributed by atoms with E-state index in [1.54, 1.807) is 0 Å². The number of aromatic nitrogens is 3. The standard InChI is InChI=1S/C15H9F3N4O4/c16-15(17,18)9-3-10(5-19-4-9)21-7-20-6-12(21)8-1-11(22(25)26)14(24)13(23)2-8/h1-7,23-24H. The first-order valence-electron chi connectivity index (χ1n) is 6.94. The molecule has 26 heavy (non-hydrogen) atoms. The summed E-state index contributed by atoms with van der Waals surface area (Å²) in [5, 5.41) is 30.2. The monoisotopic (exact) mass is 366 g/mol. The highest BCUT2D eigenvalue weighted by atomic mass is 19.4. The van der Waals surface area contributed by atoms with Crippen molar-refractivity contribution >= 4 is 5.69 Å². The molecule has 0 radical (unpaired) electrons. The van der Waals surface area contributed by atoms with Crippen molar-refractivity contribution in [3.8, 4) is 28.4 Å². The second kappa shape index (κ2) is 6.02. The predicted molar refractivity (Wildman–Crippen MR) is 81.8 cm³/mol. The summed E-state index contributed by atoms with van der Waals surface area (Å²) in [5.74, 6) is -1.66. The minimum atomic E-state index is -4.60. The lowest BCUT2D eigenvalue weighted by Gasteiger charge is -2.11. The number of hydrogen-bond acceptors (Lipinski definition) is 6. The maximum Gasteiger partial charge on any atom is 0.417 e. The molecule has 0 spiro atoms. The number of nitro groups is 1. The van der Waals surface area contributed by atoms with Gasteiger partial charge in [-0.2, -0.15) is 13.2 Å². The molecule has 2 aromatic heterocycles. The Balaban J connectivity index is 2.15. The fourth-order valence-electron chi connectivity index (χ4n) is 2.32. The number of phenolic OH excluding ortho intramolecular Hbond substituents is 2. The Bertz CT molecular complexity index is 1000. The molecule has 134 valence electrons. The average Bonchev–Trinajstić information content (AvgIpc) is 3.06. The Morgan fingerprint density at radius 1 is 1.08 bits per heavy atom. The highest BCUT2D eigenvalue weighted by Crippen LogP contribution is 2.40. The molecule has 0 atom stereocenters. The van der Waals surface area contributed by atoms with Gasteiger partial charge in [-0.05, 0) is 12.1 Å². The number of hydrogen-bond donors (Lipinski definition) is 2. The van der Waals surface area contributed by atoms with Gasteiger partial charge in [0.1, 0.15) is 0 Å². The highest BCUT2D eigenvalue weighted by molar-refractivity contribution is 5.71. The largest absolute Gasteiger partial charge is 0.504 e. The van der Waals surface area contributed by atoms with E-state index < -0.39 is 33.8 Å². The summed E-state index contributed by atoms with van der Waals surface area (Å²) in [7, 11) is 0. The van der Waals surface area contributed by atoms with E-state index in [0.717, 1.165) is 24.4 Å². The Kier molecular flexibility index (Phi) is 3.98. The lowest BCUT2D eigenvalue weighted by atomic mass is 10.1. The molecule has 0 amide bonds. The highest BCUT2D eigenvalue weighted by Gasteiger charge is 2.31. The first-order valence-corrected chi connectivity index (χ1v) is 6.94. The zero-order valence-electron chi connectivity index (χ0n) is 12.7. The van der Waals surface area contributed by atoms with Crippen LogP contribution in [0.4, 0.5) is 18.9 Å². The molecule has 2 N–H and O–H groups in total. The van der Waals surface area contributed by atoms with Crippen LogP contribution in [0.25, 0.3) is 16.9 Å². The van der Waals surface area contributed by atoms with Gasteiger partial charge in [-0.3, -0.25) is 19.7 Å². The number of nitro benzene ring substituents is 1. The molecule has 8 nitrogen and oxygen atoms in total. The summed E-state index contributed by atoms with van der Waals surface area (Å²) < 4.78 is 39.8. The molecule has 0 fully saturated rings. The molecule has 0 unspecified atom stereocenters. The number of pyridine rings is 1. The summed E-state index contributed by atoms with van der Waals surface area (Å²) in [6.45, 7) is 0. The van der Waals surface area contributed by atoms with Crippen LogP contribution in [-0.4, -0.2) is 29.7 Å². The van der Waals surface area contributed by atoms with Crippen LogP contribution in [0.15, 0.2) is 43.1 Å². The molecule has 1 aromatic carbocycles. The number of rotatable bonds is 3. The molecule has 0 saturated carbocycles. The van der Waals surface area contributed by atoms with Crippen molar-refractivity contribution in [2.24, 2.45) is 0 Å². The van der Waals surface area contributed by atoms with Crippen LogP contribution in [-0.2, 0) is 6.18 Å². The van der Waals surface area contributed by atoms with Gasteiger partial charge in [-0.15, -0.1) is 0 Å². The molecular weight excluding hydrogens is 357 g/mol. The predicted octanol–water partition coefficient (Wildman–Crippen LogP) is 3.27.